The summed E-state index contributed by atoms with van der Waals surface area (Å²) in [6.07, 6.45) is 1.81. The van der Waals surface area contributed by atoms with Gasteiger partial charge in [-0.1, -0.05) is 30.3 Å². The summed E-state index contributed by atoms with van der Waals surface area (Å²) < 4.78 is 6.74. The van der Waals surface area contributed by atoms with Gasteiger partial charge in [-0.25, -0.2) is 4.98 Å². The van der Waals surface area contributed by atoms with Crippen LogP contribution in [-0.4, -0.2) is 16.7 Å². The smallest absolute Gasteiger partial charge is 0.299 e. The number of aryl methyl sites for hydroxylation is 2. The molecule has 1 aromatic heterocycles. The Bertz CT molecular complexity index is 591. The fourth-order valence-electron chi connectivity index (χ4n) is 2.04. The standard InChI is InChI=1S/C15H18N2O2/c1-12-11-14(18)17(15(16-12)19-2)10-6-9-13-7-4-3-5-8-13/h3-5,7-8,11H,6,9-10H2,1-2H3. The number of hydrogen-bond acceptors (Lipinski definition) is 3. The Morgan fingerprint density at radius 3 is 2.68 bits per heavy atom. The van der Waals surface area contributed by atoms with Crippen LogP contribution in [0.2, 0.25) is 0 Å². The van der Waals surface area contributed by atoms with E-state index in [4.69, 9.17) is 4.74 Å². The normalized spacial score (nSPS) is 10.4. The van der Waals surface area contributed by atoms with Gasteiger partial charge in [0.2, 0.25) is 0 Å². The Balaban J connectivity index is 2.06. The molecule has 19 heavy (non-hydrogen) atoms. The number of benzene rings is 1. The molecule has 0 aliphatic rings. The van der Waals surface area contributed by atoms with Crippen molar-refractivity contribution in [2.75, 3.05) is 7.11 Å². The Morgan fingerprint density at radius 1 is 1.26 bits per heavy atom. The van der Waals surface area contributed by atoms with Gasteiger partial charge in [0.05, 0.1) is 7.11 Å². The van der Waals surface area contributed by atoms with Crippen LogP contribution in [0.15, 0.2) is 41.2 Å². The van der Waals surface area contributed by atoms with E-state index >= 15 is 0 Å². The first-order valence-electron chi connectivity index (χ1n) is 6.37. The van der Waals surface area contributed by atoms with Crippen LogP contribution in [0.5, 0.6) is 6.01 Å². The van der Waals surface area contributed by atoms with Crippen LogP contribution in [0.3, 0.4) is 0 Å². The van der Waals surface area contributed by atoms with E-state index in [9.17, 15) is 4.79 Å². The molecule has 0 amide bonds. The molecule has 1 heterocycles. The van der Waals surface area contributed by atoms with Crippen LogP contribution in [-0.2, 0) is 13.0 Å². The molecule has 4 heteroatoms. The minimum Gasteiger partial charge on any atom is -0.468 e. The first kappa shape index (κ1) is 13.3. The van der Waals surface area contributed by atoms with E-state index in [0.29, 0.717) is 18.2 Å². The number of hydrogen-bond donors (Lipinski definition) is 0. The highest BCUT2D eigenvalue weighted by Gasteiger charge is 2.06. The Labute approximate surface area is 112 Å². The maximum absolute atomic E-state index is 11.9. The second-order valence-corrected chi connectivity index (χ2v) is 4.46. The molecule has 100 valence electrons. The first-order valence-corrected chi connectivity index (χ1v) is 6.37. The van der Waals surface area contributed by atoms with Gasteiger partial charge in [0.15, 0.2) is 0 Å². The van der Waals surface area contributed by atoms with Crippen molar-refractivity contribution in [2.45, 2.75) is 26.3 Å². The van der Waals surface area contributed by atoms with Gasteiger partial charge in [0.25, 0.3) is 11.6 Å². The zero-order valence-corrected chi connectivity index (χ0v) is 11.3. The molecule has 2 aromatic rings. The molecular formula is C15H18N2O2. The molecule has 4 nitrogen and oxygen atoms in total. The fourth-order valence-corrected chi connectivity index (χ4v) is 2.04. The predicted octanol–water partition coefficient (Wildman–Crippen LogP) is 2.19. The lowest BCUT2D eigenvalue weighted by Gasteiger charge is -2.10. The lowest BCUT2D eigenvalue weighted by atomic mass is 10.1. The second kappa shape index (κ2) is 6.18. The van der Waals surface area contributed by atoms with E-state index in [1.165, 1.54) is 18.7 Å². The van der Waals surface area contributed by atoms with Gasteiger partial charge in [-0.3, -0.25) is 9.36 Å². The Kier molecular flexibility index (Phi) is 4.34. The number of nitrogens with zero attached hydrogens (tertiary/aromatic N) is 2. The zero-order valence-electron chi connectivity index (χ0n) is 11.3. The van der Waals surface area contributed by atoms with E-state index in [-0.39, 0.29) is 5.56 Å². The van der Waals surface area contributed by atoms with Crippen LogP contribution in [0.4, 0.5) is 0 Å². The summed E-state index contributed by atoms with van der Waals surface area (Å²) in [5, 5.41) is 0. The number of rotatable bonds is 5. The Hall–Kier alpha value is -2.10. The fraction of sp³-hybridized carbons (Fsp3) is 0.333. The highest BCUT2D eigenvalue weighted by atomic mass is 16.5. The molecule has 0 radical (unpaired) electrons. The SMILES string of the molecule is COc1nc(C)cc(=O)n1CCCc1ccccc1. The predicted molar refractivity (Wildman–Crippen MR) is 74.5 cm³/mol. The van der Waals surface area contributed by atoms with E-state index < -0.39 is 0 Å². The molecule has 0 spiro atoms. The minimum atomic E-state index is -0.0580. The molecule has 0 atom stereocenters. The quantitative estimate of drug-likeness (QED) is 0.825. The molecule has 1 aromatic carbocycles. The molecule has 0 unspecified atom stereocenters. The van der Waals surface area contributed by atoms with Gasteiger partial charge in [-0.2, -0.15) is 0 Å². The summed E-state index contributed by atoms with van der Waals surface area (Å²) in [7, 11) is 1.54. The van der Waals surface area contributed by atoms with Crippen LogP contribution in [0, 0.1) is 6.92 Å². The first-order chi connectivity index (χ1) is 9.20. The van der Waals surface area contributed by atoms with Crippen LogP contribution < -0.4 is 10.3 Å². The molecule has 0 bridgehead atoms. The van der Waals surface area contributed by atoms with E-state index in [0.717, 1.165) is 12.8 Å². The van der Waals surface area contributed by atoms with Crippen molar-refractivity contribution in [3.8, 4) is 6.01 Å². The van der Waals surface area contributed by atoms with E-state index in [1.807, 2.05) is 18.2 Å². The van der Waals surface area contributed by atoms with Gasteiger partial charge in [-0.15, -0.1) is 0 Å². The van der Waals surface area contributed by atoms with E-state index in [1.54, 1.807) is 11.5 Å². The summed E-state index contributed by atoms with van der Waals surface area (Å²) in [6.45, 7) is 2.41. The summed E-state index contributed by atoms with van der Waals surface area (Å²) in [4.78, 5) is 16.1. The second-order valence-electron chi connectivity index (χ2n) is 4.46. The molecule has 2 rings (SSSR count). The van der Waals surface area contributed by atoms with Crippen LogP contribution in [0.25, 0.3) is 0 Å². The molecular weight excluding hydrogens is 240 g/mol. The minimum absolute atomic E-state index is 0.0580. The van der Waals surface area contributed by atoms with Crippen molar-refractivity contribution < 1.29 is 4.74 Å². The maximum Gasteiger partial charge on any atom is 0.299 e. The lowest BCUT2D eigenvalue weighted by molar-refractivity contribution is 0.342. The van der Waals surface area contributed by atoms with Crippen LogP contribution in [0.1, 0.15) is 17.7 Å². The van der Waals surface area contributed by atoms with E-state index in [2.05, 4.69) is 17.1 Å². The summed E-state index contributed by atoms with van der Waals surface area (Å²) in [6, 6.07) is 12.1. The highest BCUT2D eigenvalue weighted by Crippen LogP contribution is 2.08. The van der Waals surface area contributed by atoms with Crippen molar-refractivity contribution >= 4 is 0 Å². The van der Waals surface area contributed by atoms with Gasteiger partial charge < -0.3 is 4.74 Å². The highest BCUT2D eigenvalue weighted by molar-refractivity contribution is 5.14. The van der Waals surface area contributed by atoms with Gasteiger partial charge >= 0.3 is 0 Å². The van der Waals surface area contributed by atoms with Crippen molar-refractivity contribution in [3.63, 3.8) is 0 Å². The largest absolute Gasteiger partial charge is 0.468 e. The third kappa shape index (κ3) is 3.44. The molecule has 0 aliphatic heterocycles. The van der Waals surface area contributed by atoms with Gasteiger partial charge in [0.1, 0.15) is 0 Å². The zero-order chi connectivity index (χ0) is 13.7. The lowest BCUT2D eigenvalue weighted by Crippen LogP contribution is -2.23. The molecule has 0 fully saturated rings. The molecule has 0 aliphatic carbocycles. The summed E-state index contributed by atoms with van der Waals surface area (Å²) >= 11 is 0. The monoisotopic (exact) mass is 258 g/mol. The average molecular weight is 258 g/mol. The van der Waals surface area contributed by atoms with Crippen molar-refractivity contribution in [3.05, 3.63) is 58.0 Å². The average Bonchev–Trinajstić information content (AvgIpc) is 2.42. The van der Waals surface area contributed by atoms with Crippen LogP contribution >= 0.6 is 0 Å². The molecule has 0 saturated heterocycles. The third-order valence-electron chi connectivity index (χ3n) is 2.97. The van der Waals surface area contributed by atoms with Crippen molar-refractivity contribution in [2.24, 2.45) is 0 Å². The van der Waals surface area contributed by atoms with Crippen molar-refractivity contribution in [1.29, 1.82) is 0 Å². The molecule has 0 saturated carbocycles. The number of ether oxygens (including phenoxy) is 1. The number of aromatic nitrogens is 2. The summed E-state index contributed by atoms with van der Waals surface area (Å²) in [5.74, 6) is 0. The summed E-state index contributed by atoms with van der Waals surface area (Å²) in [5.41, 5.74) is 1.90. The van der Waals surface area contributed by atoms with Gasteiger partial charge in [-0.05, 0) is 25.3 Å². The van der Waals surface area contributed by atoms with Gasteiger partial charge in [0, 0.05) is 18.3 Å². The Morgan fingerprint density at radius 2 is 2.00 bits per heavy atom. The third-order valence-corrected chi connectivity index (χ3v) is 2.97. The molecule has 0 N–H and O–H groups in total. The number of methoxy groups -OCH3 is 1. The topological polar surface area (TPSA) is 44.1 Å². The maximum atomic E-state index is 11.9. The van der Waals surface area contributed by atoms with Crippen molar-refractivity contribution in [1.82, 2.24) is 9.55 Å².